The Morgan fingerprint density at radius 3 is 2.81 bits per heavy atom. The number of benzene rings is 1. The minimum Gasteiger partial charge on any atom is -0.334 e. The standard InChI is InChI=1S/C22H27N3O/c1-2-6-17-9-11-18(12-10-17)15-20(23)22(26)25-14-4-3-8-21(25)19-7-5-13-24-16-19/h2,5-7,9-13,16,20-21H,3-4,8,14-15,23H2,1H3/b6-2+/t20-,21+/m0/s1. The molecule has 2 heterocycles. The lowest BCUT2D eigenvalue weighted by Gasteiger charge is -2.37. The third-order valence-electron chi connectivity index (χ3n) is 4.97. The van der Waals surface area contributed by atoms with Gasteiger partial charge in [0.2, 0.25) is 5.91 Å². The van der Waals surface area contributed by atoms with E-state index in [1.54, 1.807) is 6.20 Å². The highest BCUT2D eigenvalue weighted by Crippen LogP contribution is 2.31. The molecule has 0 unspecified atom stereocenters. The molecule has 0 saturated carbocycles. The zero-order valence-corrected chi connectivity index (χ0v) is 15.3. The van der Waals surface area contributed by atoms with Gasteiger partial charge in [-0.3, -0.25) is 9.78 Å². The SMILES string of the molecule is C/C=C/c1ccc(C[C@H](N)C(=O)N2CCCC[C@@H]2c2cccnc2)cc1. The Balaban J connectivity index is 1.69. The summed E-state index contributed by atoms with van der Waals surface area (Å²) in [5, 5.41) is 0. The summed E-state index contributed by atoms with van der Waals surface area (Å²) in [5.74, 6) is 0.0380. The van der Waals surface area contributed by atoms with E-state index in [1.807, 2.05) is 30.2 Å². The number of aromatic nitrogens is 1. The largest absolute Gasteiger partial charge is 0.334 e. The lowest BCUT2D eigenvalue weighted by molar-refractivity contribution is -0.136. The number of hydrogen-bond donors (Lipinski definition) is 1. The fourth-order valence-electron chi connectivity index (χ4n) is 3.63. The highest BCUT2D eigenvalue weighted by Gasteiger charge is 2.31. The second kappa shape index (κ2) is 8.77. The molecule has 0 aliphatic carbocycles. The monoisotopic (exact) mass is 349 g/mol. The van der Waals surface area contributed by atoms with Crippen molar-refractivity contribution in [3.63, 3.8) is 0 Å². The van der Waals surface area contributed by atoms with Crippen molar-refractivity contribution in [1.29, 1.82) is 0 Å². The molecule has 0 radical (unpaired) electrons. The van der Waals surface area contributed by atoms with Gasteiger partial charge in [-0.15, -0.1) is 0 Å². The van der Waals surface area contributed by atoms with Gasteiger partial charge in [0, 0.05) is 18.9 Å². The van der Waals surface area contributed by atoms with Crippen LogP contribution >= 0.6 is 0 Å². The second-order valence-electron chi connectivity index (χ2n) is 6.88. The van der Waals surface area contributed by atoms with E-state index in [4.69, 9.17) is 5.73 Å². The smallest absolute Gasteiger partial charge is 0.240 e. The van der Waals surface area contributed by atoms with Crippen LogP contribution in [0.4, 0.5) is 0 Å². The number of nitrogens with zero attached hydrogens (tertiary/aromatic N) is 2. The Kier molecular flexibility index (Phi) is 6.18. The first-order valence-electron chi connectivity index (χ1n) is 9.36. The van der Waals surface area contributed by atoms with Crippen LogP contribution in [0.1, 0.15) is 48.9 Å². The summed E-state index contributed by atoms with van der Waals surface area (Å²) in [5.41, 5.74) is 9.64. The van der Waals surface area contributed by atoms with Gasteiger partial charge in [0.05, 0.1) is 12.1 Å². The molecule has 0 spiro atoms. The first kappa shape index (κ1) is 18.3. The van der Waals surface area contributed by atoms with Gasteiger partial charge in [-0.05, 0) is 55.4 Å². The van der Waals surface area contributed by atoms with Crippen molar-refractivity contribution >= 4 is 12.0 Å². The number of likely N-dealkylation sites (tertiary alicyclic amines) is 1. The molecule has 2 atom stereocenters. The molecule has 2 N–H and O–H groups in total. The van der Waals surface area contributed by atoms with Gasteiger partial charge in [0.15, 0.2) is 0 Å². The number of carbonyl (C=O) groups excluding carboxylic acids is 1. The maximum absolute atomic E-state index is 13.0. The molecular weight excluding hydrogens is 322 g/mol. The van der Waals surface area contributed by atoms with Crippen LogP contribution in [-0.4, -0.2) is 28.4 Å². The van der Waals surface area contributed by atoms with E-state index in [9.17, 15) is 4.79 Å². The van der Waals surface area contributed by atoms with Crippen LogP contribution in [0.2, 0.25) is 0 Å². The predicted octanol–water partition coefficient (Wildman–Crippen LogP) is 3.74. The number of carbonyl (C=O) groups is 1. The third-order valence-corrected chi connectivity index (χ3v) is 4.97. The van der Waals surface area contributed by atoms with E-state index >= 15 is 0 Å². The van der Waals surface area contributed by atoms with E-state index in [-0.39, 0.29) is 11.9 Å². The zero-order chi connectivity index (χ0) is 18.4. The maximum Gasteiger partial charge on any atom is 0.240 e. The van der Waals surface area contributed by atoms with Crippen molar-refractivity contribution in [3.8, 4) is 0 Å². The van der Waals surface area contributed by atoms with Crippen LogP contribution < -0.4 is 5.73 Å². The highest BCUT2D eigenvalue weighted by molar-refractivity contribution is 5.82. The highest BCUT2D eigenvalue weighted by atomic mass is 16.2. The van der Waals surface area contributed by atoms with E-state index < -0.39 is 6.04 Å². The van der Waals surface area contributed by atoms with E-state index in [0.717, 1.165) is 42.5 Å². The van der Waals surface area contributed by atoms with E-state index in [2.05, 4.69) is 41.4 Å². The van der Waals surface area contributed by atoms with Crippen molar-refractivity contribution in [1.82, 2.24) is 9.88 Å². The van der Waals surface area contributed by atoms with Gasteiger partial charge in [-0.25, -0.2) is 0 Å². The predicted molar refractivity (Wildman–Crippen MR) is 105 cm³/mol. The molecule has 4 heteroatoms. The van der Waals surface area contributed by atoms with Crippen LogP contribution in [0, 0.1) is 0 Å². The number of piperidine rings is 1. The minimum atomic E-state index is -0.514. The Bertz CT molecular complexity index is 740. The molecule has 1 aliphatic rings. The topological polar surface area (TPSA) is 59.2 Å². The number of hydrogen-bond acceptors (Lipinski definition) is 3. The number of allylic oxidation sites excluding steroid dienone is 1. The van der Waals surface area contributed by atoms with Crippen molar-refractivity contribution in [2.75, 3.05) is 6.54 Å². The molecule has 1 aromatic heterocycles. The average Bonchev–Trinajstić information content (AvgIpc) is 2.70. The average molecular weight is 349 g/mol. The number of pyridine rings is 1. The molecular formula is C22H27N3O. The lowest BCUT2D eigenvalue weighted by atomic mass is 9.94. The molecule has 136 valence electrons. The first-order valence-corrected chi connectivity index (χ1v) is 9.36. The van der Waals surface area contributed by atoms with Crippen molar-refractivity contribution in [2.45, 2.75) is 44.7 Å². The van der Waals surface area contributed by atoms with Gasteiger partial charge >= 0.3 is 0 Å². The fourth-order valence-corrected chi connectivity index (χ4v) is 3.63. The number of nitrogens with two attached hydrogens (primary N) is 1. The second-order valence-corrected chi connectivity index (χ2v) is 6.88. The molecule has 1 fully saturated rings. The van der Waals surface area contributed by atoms with Crippen molar-refractivity contribution < 1.29 is 4.79 Å². The molecule has 26 heavy (non-hydrogen) atoms. The summed E-state index contributed by atoms with van der Waals surface area (Å²) in [6, 6.07) is 11.8. The summed E-state index contributed by atoms with van der Waals surface area (Å²) in [6.07, 6.45) is 11.4. The molecule has 1 aliphatic heterocycles. The molecule has 1 amide bonds. The summed E-state index contributed by atoms with van der Waals surface area (Å²) >= 11 is 0. The Morgan fingerprint density at radius 2 is 2.12 bits per heavy atom. The number of amides is 1. The Morgan fingerprint density at radius 1 is 1.31 bits per heavy atom. The summed E-state index contributed by atoms with van der Waals surface area (Å²) in [4.78, 5) is 19.2. The fraction of sp³-hybridized carbons (Fsp3) is 0.364. The van der Waals surface area contributed by atoms with Crippen molar-refractivity contribution in [3.05, 3.63) is 71.6 Å². The van der Waals surface area contributed by atoms with Gasteiger partial charge < -0.3 is 10.6 Å². The van der Waals surface area contributed by atoms with Gasteiger partial charge in [-0.2, -0.15) is 0 Å². The Hall–Kier alpha value is -2.46. The van der Waals surface area contributed by atoms with Crippen LogP contribution in [0.3, 0.4) is 0 Å². The quantitative estimate of drug-likeness (QED) is 0.894. The van der Waals surface area contributed by atoms with Crippen LogP contribution in [0.5, 0.6) is 0 Å². The van der Waals surface area contributed by atoms with Gasteiger partial charge in [-0.1, -0.05) is 42.5 Å². The van der Waals surface area contributed by atoms with Crippen LogP contribution in [0.25, 0.3) is 6.08 Å². The van der Waals surface area contributed by atoms with Crippen LogP contribution in [0.15, 0.2) is 54.9 Å². The summed E-state index contributed by atoms with van der Waals surface area (Å²) in [6.45, 7) is 2.77. The summed E-state index contributed by atoms with van der Waals surface area (Å²) < 4.78 is 0. The van der Waals surface area contributed by atoms with E-state index in [1.165, 1.54) is 0 Å². The molecule has 2 aromatic rings. The minimum absolute atomic E-state index is 0.0380. The lowest BCUT2D eigenvalue weighted by Crippen LogP contribution is -2.48. The van der Waals surface area contributed by atoms with Crippen molar-refractivity contribution in [2.24, 2.45) is 5.73 Å². The third kappa shape index (κ3) is 4.38. The molecule has 1 aromatic carbocycles. The molecule has 4 nitrogen and oxygen atoms in total. The van der Waals surface area contributed by atoms with Gasteiger partial charge in [0.1, 0.15) is 0 Å². The van der Waals surface area contributed by atoms with Crippen LogP contribution in [-0.2, 0) is 11.2 Å². The maximum atomic E-state index is 13.0. The zero-order valence-electron chi connectivity index (χ0n) is 15.3. The molecule has 3 rings (SSSR count). The van der Waals surface area contributed by atoms with E-state index in [0.29, 0.717) is 6.42 Å². The molecule has 1 saturated heterocycles. The number of rotatable bonds is 5. The molecule has 0 bridgehead atoms. The van der Waals surface area contributed by atoms with Gasteiger partial charge in [0.25, 0.3) is 0 Å². The normalized spacial score (nSPS) is 18.8. The summed E-state index contributed by atoms with van der Waals surface area (Å²) in [7, 11) is 0. The first-order chi connectivity index (χ1) is 12.7. The Labute approximate surface area is 155 Å².